The molecular weight excluding hydrogens is 358 g/mol. The van der Waals surface area contributed by atoms with E-state index in [1.165, 1.54) is 4.40 Å². The molecule has 1 unspecified atom stereocenters. The van der Waals surface area contributed by atoms with Crippen molar-refractivity contribution in [1.29, 1.82) is 0 Å². The maximum atomic E-state index is 13.0. The first-order valence-electron chi connectivity index (χ1n) is 9.54. The van der Waals surface area contributed by atoms with Gasteiger partial charge in [-0.3, -0.25) is 14.0 Å². The Morgan fingerprint density at radius 2 is 2.21 bits per heavy atom. The van der Waals surface area contributed by atoms with E-state index in [-0.39, 0.29) is 17.6 Å². The molecular formula is C20H23N5O3. The third-order valence-electron chi connectivity index (χ3n) is 4.85. The van der Waals surface area contributed by atoms with Crippen LogP contribution in [0.5, 0.6) is 0 Å². The molecule has 146 valence electrons. The molecule has 3 aromatic rings. The van der Waals surface area contributed by atoms with Crippen LogP contribution < -0.4 is 16.2 Å². The van der Waals surface area contributed by atoms with Crippen molar-refractivity contribution in [2.24, 2.45) is 0 Å². The summed E-state index contributed by atoms with van der Waals surface area (Å²) in [7, 11) is 0. The number of rotatable bonds is 5. The summed E-state index contributed by atoms with van der Waals surface area (Å²) in [4.78, 5) is 34.6. The van der Waals surface area contributed by atoms with Crippen LogP contribution in [-0.4, -0.2) is 46.1 Å². The minimum Gasteiger partial charge on any atom is -0.376 e. The molecule has 1 fully saturated rings. The molecule has 1 aliphatic rings. The summed E-state index contributed by atoms with van der Waals surface area (Å²) in [6, 6.07) is 5.26. The van der Waals surface area contributed by atoms with Crippen LogP contribution in [0.4, 0.5) is 5.82 Å². The van der Waals surface area contributed by atoms with Crippen molar-refractivity contribution in [2.45, 2.75) is 32.8 Å². The van der Waals surface area contributed by atoms with Gasteiger partial charge in [0.25, 0.3) is 11.5 Å². The number of hydrogen-bond acceptors (Lipinski definition) is 6. The molecule has 0 aliphatic carbocycles. The zero-order valence-corrected chi connectivity index (χ0v) is 16.0. The molecule has 0 saturated carbocycles. The van der Waals surface area contributed by atoms with E-state index in [0.717, 1.165) is 25.0 Å². The molecule has 4 heterocycles. The van der Waals surface area contributed by atoms with E-state index < -0.39 is 0 Å². The van der Waals surface area contributed by atoms with Crippen molar-refractivity contribution < 1.29 is 9.53 Å². The van der Waals surface area contributed by atoms with Crippen LogP contribution in [0.2, 0.25) is 0 Å². The topological polar surface area (TPSA) is 97.6 Å². The number of anilines is 1. The van der Waals surface area contributed by atoms with Crippen LogP contribution in [-0.2, 0) is 4.74 Å². The number of carbonyl (C=O) groups is 1. The minimum absolute atomic E-state index is 0.0951. The summed E-state index contributed by atoms with van der Waals surface area (Å²) >= 11 is 0. The first-order chi connectivity index (χ1) is 13.6. The Bertz CT molecular complexity index is 1100. The molecule has 1 amide bonds. The van der Waals surface area contributed by atoms with Crippen molar-refractivity contribution in [1.82, 2.24) is 19.7 Å². The van der Waals surface area contributed by atoms with E-state index in [2.05, 4.69) is 20.6 Å². The lowest BCUT2D eigenvalue weighted by Crippen LogP contribution is -2.27. The smallest absolute Gasteiger partial charge is 0.267 e. The Labute approximate surface area is 161 Å². The van der Waals surface area contributed by atoms with Crippen LogP contribution in [0, 0.1) is 6.92 Å². The van der Waals surface area contributed by atoms with Gasteiger partial charge < -0.3 is 15.4 Å². The number of hydrogen-bond donors (Lipinski definition) is 2. The fraction of sp³-hybridized carbons (Fsp3) is 0.400. The summed E-state index contributed by atoms with van der Waals surface area (Å²) in [5.41, 5.74) is 1.87. The fourth-order valence-corrected chi connectivity index (χ4v) is 3.42. The first kappa shape index (κ1) is 18.4. The van der Waals surface area contributed by atoms with Crippen LogP contribution in [0.15, 0.2) is 29.2 Å². The Morgan fingerprint density at radius 3 is 2.96 bits per heavy atom. The highest BCUT2D eigenvalue weighted by Gasteiger charge is 2.20. The lowest BCUT2D eigenvalue weighted by Gasteiger charge is -2.15. The van der Waals surface area contributed by atoms with Gasteiger partial charge in [0.05, 0.1) is 17.1 Å². The molecule has 3 aromatic heterocycles. The van der Waals surface area contributed by atoms with Gasteiger partial charge in [-0.05, 0) is 44.4 Å². The molecule has 1 aliphatic heterocycles. The molecule has 0 bridgehead atoms. The quantitative estimate of drug-likeness (QED) is 0.655. The Morgan fingerprint density at radius 1 is 1.36 bits per heavy atom. The third kappa shape index (κ3) is 3.43. The lowest BCUT2D eigenvalue weighted by molar-refractivity contribution is 0.0956. The highest BCUT2D eigenvalue weighted by molar-refractivity contribution is 6.01. The summed E-state index contributed by atoms with van der Waals surface area (Å²) in [5, 5.41) is 6.31. The van der Waals surface area contributed by atoms with Crippen molar-refractivity contribution >= 4 is 28.4 Å². The number of carbonyl (C=O) groups excluding carboxylic acids is 1. The highest BCUT2D eigenvalue weighted by Crippen LogP contribution is 2.20. The van der Waals surface area contributed by atoms with Gasteiger partial charge >= 0.3 is 0 Å². The van der Waals surface area contributed by atoms with Crippen molar-refractivity contribution in [3.8, 4) is 0 Å². The molecule has 8 nitrogen and oxygen atoms in total. The standard InChI is InChI=1S/C20H23N5O3/c1-3-21-19(26)14-9-15-18(24-17(14)22-10-13-5-4-8-28-13)23-16-7-6-12(2)11-25(16)20(15)27/h6-7,9,11,13H,3-5,8,10H2,1-2H3,(H,21,26)(H,22,24). The first-order valence-corrected chi connectivity index (χ1v) is 9.54. The molecule has 2 N–H and O–H groups in total. The Balaban J connectivity index is 1.84. The van der Waals surface area contributed by atoms with Gasteiger partial charge in [-0.15, -0.1) is 0 Å². The molecule has 0 radical (unpaired) electrons. The maximum Gasteiger partial charge on any atom is 0.267 e. The largest absolute Gasteiger partial charge is 0.376 e. The zero-order chi connectivity index (χ0) is 19.7. The second kappa shape index (κ2) is 7.55. The summed E-state index contributed by atoms with van der Waals surface area (Å²) < 4.78 is 7.12. The summed E-state index contributed by atoms with van der Waals surface area (Å²) in [6.45, 7) is 5.54. The van der Waals surface area contributed by atoms with Gasteiger partial charge in [-0.1, -0.05) is 6.07 Å². The Kier molecular flexibility index (Phi) is 4.95. The molecule has 4 rings (SSSR count). The van der Waals surface area contributed by atoms with Crippen LogP contribution in [0.25, 0.3) is 16.7 Å². The number of aryl methyl sites for hydroxylation is 1. The molecule has 1 saturated heterocycles. The number of pyridine rings is 2. The number of fused-ring (bicyclic) bond motifs is 2. The average Bonchev–Trinajstić information content (AvgIpc) is 3.20. The lowest BCUT2D eigenvalue weighted by atomic mass is 10.1. The van der Waals surface area contributed by atoms with Gasteiger partial charge in [-0.25, -0.2) is 9.97 Å². The van der Waals surface area contributed by atoms with Gasteiger partial charge in [0.15, 0.2) is 5.65 Å². The van der Waals surface area contributed by atoms with Gasteiger partial charge in [0.1, 0.15) is 11.5 Å². The molecule has 0 spiro atoms. The highest BCUT2D eigenvalue weighted by atomic mass is 16.5. The van der Waals surface area contributed by atoms with Crippen molar-refractivity contribution in [3.05, 3.63) is 45.9 Å². The second-order valence-electron chi connectivity index (χ2n) is 6.98. The van der Waals surface area contributed by atoms with Crippen LogP contribution in [0.3, 0.4) is 0 Å². The van der Waals surface area contributed by atoms with E-state index in [1.807, 2.05) is 19.9 Å². The normalized spacial score (nSPS) is 16.6. The van der Waals surface area contributed by atoms with E-state index in [0.29, 0.717) is 41.2 Å². The maximum absolute atomic E-state index is 13.0. The monoisotopic (exact) mass is 381 g/mol. The van der Waals surface area contributed by atoms with Crippen LogP contribution >= 0.6 is 0 Å². The predicted octanol–water partition coefficient (Wildman–Crippen LogP) is 1.89. The fourth-order valence-electron chi connectivity index (χ4n) is 3.42. The predicted molar refractivity (Wildman–Crippen MR) is 107 cm³/mol. The van der Waals surface area contributed by atoms with Gasteiger partial charge in [0, 0.05) is 25.9 Å². The summed E-state index contributed by atoms with van der Waals surface area (Å²) in [6.07, 6.45) is 3.84. The molecule has 8 heteroatoms. The number of amides is 1. The zero-order valence-electron chi connectivity index (χ0n) is 16.0. The molecule has 0 aromatic carbocycles. The van der Waals surface area contributed by atoms with Crippen molar-refractivity contribution in [3.63, 3.8) is 0 Å². The van der Waals surface area contributed by atoms with Crippen LogP contribution in [0.1, 0.15) is 35.7 Å². The van der Waals surface area contributed by atoms with Gasteiger partial charge in [-0.2, -0.15) is 0 Å². The number of nitrogens with zero attached hydrogens (tertiary/aromatic N) is 3. The third-order valence-corrected chi connectivity index (χ3v) is 4.85. The van der Waals surface area contributed by atoms with E-state index >= 15 is 0 Å². The molecule has 28 heavy (non-hydrogen) atoms. The van der Waals surface area contributed by atoms with E-state index in [9.17, 15) is 9.59 Å². The minimum atomic E-state index is -0.277. The van der Waals surface area contributed by atoms with Gasteiger partial charge in [0.2, 0.25) is 0 Å². The van der Waals surface area contributed by atoms with E-state index in [1.54, 1.807) is 18.3 Å². The SMILES string of the molecule is CCNC(=O)c1cc2c(=O)n3cc(C)ccc3nc2nc1NCC1CCCO1. The van der Waals surface area contributed by atoms with E-state index in [4.69, 9.17) is 4.74 Å². The Hall–Kier alpha value is -3.00. The second-order valence-corrected chi connectivity index (χ2v) is 6.98. The summed E-state index contributed by atoms with van der Waals surface area (Å²) in [5.74, 6) is 0.137. The number of ether oxygens (including phenoxy) is 1. The average molecular weight is 381 g/mol. The number of nitrogens with one attached hydrogen (secondary N) is 2. The molecule has 1 atom stereocenters. The number of aromatic nitrogens is 3. The van der Waals surface area contributed by atoms with Crippen molar-refractivity contribution in [2.75, 3.05) is 25.0 Å².